The molecule has 0 bridgehead atoms. The molecule has 3 N–H and O–H groups in total. The van der Waals surface area contributed by atoms with Crippen molar-refractivity contribution in [1.29, 1.82) is 0 Å². The van der Waals surface area contributed by atoms with Gasteiger partial charge >= 0.3 is 0 Å². The largest absolute Gasteiger partial charge is 0.353 e. The summed E-state index contributed by atoms with van der Waals surface area (Å²) in [6.07, 6.45) is 6.40. The summed E-state index contributed by atoms with van der Waals surface area (Å²) >= 11 is 0. The molecule has 0 saturated heterocycles. The predicted octanol–water partition coefficient (Wildman–Crippen LogP) is 2.81. The van der Waals surface area contributed by atoms with E-state index in [-0.39, 0.29) is 17.9 Å². The average Bonchev–Trinajstić information content (AvgIpc) is 2.50. The van der Waals surface area contributed by atoms with Crippen molar-refractivity contribution < 1.29 is 4.79 Å². The lowest BCUT2D eigenvalue weighted by atomic mass is 9.84. The highest BCUT2D eigenvalue weighted by atomic mass is 16.1. The standard InChI is InChI=1S/C17H26N2O/c1-13(14-8-4-2-5-9-14)19-17(20)16(12-18)15-10-6-3-7-11-15/h3,6-7,10-11,13-14,16H,2,4-5,8-9,12,18H2,1H3,(H,19,20). The van der Waals surface area contributed by atoms with Crippen LogP contribution in [0.2, 0.25) is 0 Å². The normalized spacial score (nSPS) is 19.3. The third-order valence-corrected chi connectivity index (χ3v) is 4.48. The summed E-state index contributed by atoms with van der Waals surface area (Å²) in [6.45, 7) is 2.49. The molecule has 110 valence electrons. The zero-order valence-corrected chi connectivity index (χ0v) is 12.3. The highest BCUT2D eigenvalue weighted by molar-refractivity contribution is 5.84. The van der Waals surface area contributed by atoms with Gasteiger partial charge in [-0.25, -0.2) is 0 Å². The maximum Gasteiger partial charge on any atom is 0.229 e. The first-order valence-electron chi connectivity index (χ1n) is 7.77. The molecule has 2 unspecified atom stereocenters. The fraction of sp³-hybridized carbons (Fsp3) is 0.588. The van der Waals surface area contributed by atoms with E-state index in [1.807, 2.05) is 30.3 Å². The van der Waals surface area contributed by atoms with Crippen molar-refractivity contribution in [3.05, 3.63) is 35.9 Å². The summed E-state index contributed by atoms with van der Waals surface area (Å²) in [6, 6.07) is 10.1. The molecular formula is C17H26N2O. The molecule has 1 aliphatic rings. The van der Waals surface area contributed by atoms with E-state index >= 15 is 0 Å². The number of carbonyl (C=O) groups is 1. The van der Waals surface area contributed by atoms with E-state index in [0.717, 1.165) is 5.56 Å². The van der Waals surface area contributed by atoms with Crippen molar-refractivity contribution >= 4 is 5.91 Å². The Hall–Kier alpha value is -1.35. The summed E-state index contributed by atoms with van der Waals surface area (Å²) in [4.78, 5) is 12.4. The molecule has 1 amide bonds. The monoisotopic (exact) mass is 274 g/mol. The lowest BCUT2D eigenvalue weighted by Gasteiger charge is -2.29. The van der Waals surface area contributed by atoms with Crippen LogP contribution in [0.5, 0.6) is 0 Å². The van der Waals surface area contributed by atoms with E-state index in [4.69, 9.17) is 5.73 Å². The van der Waals surface area contributed by atoms with Crippen molar-refractivity contribution in [2.45, 2.75) is 51.0 Å². The molecule has 3 nitrogen and oxygen atoms in total. The SMILES string of the molecule is CC(NC(=O)C(CN)c1ccccc1)C1CCCCC1. The molecular weight excluding hydrogens is 248 g/mol. The van der Waals surface area contributed by atoms with Crippen LogP contribution < -0.4 is 11.1 Å². The van der Waals surface area contributed by atoms with Crippen LogP contribution >= 0.6 is 0 Å². The quantitative estimate of drug-likeness (QED) is 0.867. The molecule has 0 aromatic heterocycles. The van der Waals surface area contributed by atoms with E-state index in [0.29, 0.717) is 12.5 Å². The minimum Gasteiger partial charge on any atom is -0.353 e. The summed E-state index contributed by atoms with van der Waals surface area (Å²) in [5.74, 6) is 0.459. The molecule has 3 heteroatoms. The number of amides is 1. The van der Waals surface area contributed by atoms with Gasteiger partial charge in [0.15, 0.2) is 0 Å². The summed E-state index contributed by atoms with van der Waals surface area (Å²) < 4.78 is 0. The van der Waals surface area contributed by atoms with Crippen LogP contribution in [0.3, 0.4) is 0 Å². The van der Waals surface area contributed by atoms with Gasteiger partial charge in [0.05, 0.1) is 5.92 Å². The molecule has 0 spiro atoms. The Labute approximate surface area is 121 Å². The number of nitrogens with one attached hydrogen (secondary N) is 1. The Morgan fingerprint density at radius 2 is 1.90 bits per heavy atom. The van der Waals surface area contributed by atoms with E-state index in [1.54, 1.807) is 0 Å². The summed E-state index contributed by atoms with van der Waals surface area (Å²) in [7, 11) is 0. The second-order valence-corrected chi connectivity index (χ2v) is 5.89. The number of carbonyl (C=O) groups excluding carboxylic acids is 1. The lowest BCUT2D eigenvalue weighted by Crippen LogP contribution is -2.42. The predicted molar refractivity (Wildman–Crippen MR) is 82.4 cm³/mol. The smallest absolute Gasteiger partial charge is 0.229 e. The van der Waals surface area contributed by atoms with Gasteiger partial charge in [0.25, 0.3) is 0 Å². The first kappa shape index (κ1) is 15.0. The van der Waals surface area contributed by atoms with Gasteiger partial charge in [0.2, 0.25) is 5.91 Å². The molecule has 1 aliphatic carbocycles. The topological polar surface area (TPSA) is 55.1 Å². The first-order valence-corrected chi connectivity index (χ1v) is 7.77. The van der Waals surface area contributed by atoms with Gasteiger partial charge in [0, 0.05) is 12.6 Å². The van der Waals surface area contributed by atoms with Crippen molar-refractivity contribution in [2.75, 3.05) is 6.54 Å². The Bertz CT molecular complexity index is 412. The van der Waals surface area contributed by atoms with E-state index in [2.05, 4.69) is 12.2 Å². The van der Waals surface area contributed by atoms with Gasteiger partial charge in [0.1, 0.15) is 0 Å². The molecule has 1 fully saturated rings. The molecule has 20 heavy (non-hydrogen) atoms. The minimum absolute atomic E-state index is 0.0665. The Balaban J connectivity index is 1.95. The van der Waals surface area contributed by atoms with E-state index in [9.17, 15) is 4.79 Å². The van der Waals surface area contributed by atoms with Gasteiger partial charge in [-0.05, 0) is 31.2 Å². The lowest BCUT2D eigenvalue weighted by molar-refractivity contribution is -0.123. The minimum atomic E-state index is -0.234. The molecule has 1 aromatic rings. The van der Waals surface area contributed by atoms with Gasteiger partial charge in [-0.3, -0.25) is 4.79 Å². The number of nitrogens with two attached hydrogens (primary N) is 1. The molecule has 1 saturated carbocycles. The van der Waals surface area contributed by atoms with Crippen LogP contribution in [0.4, 0.5) is 0 Å². The zero-order valence-electron chi connectivity index (χ0n) is 12.3. The van der Waals surface area contributed by atoms with Crippen molar-refractivity contribution in [2.24, 2.45) is 11.7 Å². The first-order chi connectivity index (χ1) is 9.72. The molecule has 0 radical (unpaired) electrons. The van der Waals surface area contributed by atoms with Crippen LogP contribution in [0.25, 0.3) is 0 Å². The fourth-order valence-electron chi connectivity index (χ4n) is 3.16. The molecule has 2 rings (SSSR count). The van der Waals surface area contributed by atoms with Crippen molar-refractivity contribution in [3.8, 4) is 0 Å². The van der Waals surface area contributed by atoms with Crippen molar-refractivity contribution in [1.82, 2.24) is 5.32 Å². The maximum atomic E-state index is 12.4. The molecule has 0 heterocycles. The number of rotatable bonds is 5. The molecule has 2 atom stereocenters. The Kier molecular flexibility index (Phi) is 5.60. The van der Waals surface area contributed by atoms with Gasteiger partial charge in [-0.1, -0.05) is 49.6 Å². The zero-order chi connectivity index (χ0) is 14.4. The molecule has 0 aliphatic heterocycles. The second-order valence-electron chi connectivity index (χ2n) is 5.89. The van der Waals surface area contributed by atoms with E-state index in [1.165, 1.54) is 32.1 Å². The second kappa shape index (κ2) is 7.44. The maximum absolute atomic E-state index is 12.4. The highest BCUT2D eigenvalue weighted by Crippen LogP contribution is 2.26. The van der Waals surface area contributed by atoms with E-state index < -0.39 is 0 Å². The Morgan fingerprint density at radius 1 is 1.25 bits per heavy atom. The fourth-order valence-corrected chi connectivity index (χ4v) is 3.16. The van der Waals surface area contributed by atoms with Crippen LogP contribution in [-0.4, -0.2) is 18.5 Å². The van der Waals surface area contributed by atoms with Crippen LogP contribution in [-0.2, 0) is 4.79 Å². The van der Waals surface area contributed by atoms with Gasteiger partial charge in [-0.15, -0.1) is 0 Å². The Morgan fingerprint density at radius 3 is 2.50 bits per heavy atom. The number of hydrogen-bond donors (Lipinski definition) is 2. The van der Waals surface area contributed by atoms with Crippen LogP contribution in [0, 0.1) is 5.92 Å². The van der Waals surface area contributed by atoms with Gasteiger partial charge < -0.3 is 11.1 Å². The number of hydrogen-bond acceptors (Lipinski definition) is 2. The summed E-state index contributed by atoms with van der Waals surface area (Å²) in [5, 5.41) is 3.18. The third kappa shape index (κ3) is 3.83. The van der Waals surface area contributed by atoms with Crippen LogP contribution in [0.1, 0.15) is 50.5 Å². The molecule has 1 aromatic carbocycles. The van der Waals surface area contributed by atoms with Gasteiger partial charge in [-0.2, -0.15) is 0 Å². The van der Waals surface area contributed by atoms with Crippen molar-refractivity contribution in [3.63, 3.8) is 0 Å². The number of benzene rings is 1. The summed E-state index contributed by atoms with van der Waals surface area (Å²) in [5.41, 5.74) is 6.80. The van der Waals surface area contributed by atoms with Crippen LogP contribution in [0.15, 0.2) is 30.3 Å². The third-order valence-electron chi connectivity index (χ3n) is 4.48. The highest BCUT2D eigenvalue weighted by Gasteiger charge is 2.25. The average molecular weight is 274 g/mol.